The van der Waals surface area contributed by atoms with Gasteiger partial charge in [-0.15, -0.1) is 0 Å². The van der Waals surface area contributed by atoms with Gasteiger partial charge in [0, 0.05) is 19.6 Å². The molecule has 2 N–H and O–H groups in total. The van der Waals surface area contributed by atoms with Crippen molar-refractivity contribution in [1.82, 2.24) is 0 Å². The molecule has 0 aromatic rings. The topological polar surface area (TPSA) is 76.0 Å². The Kier molecular flexibility index (Phi) is 13.2. The Morgan fingerprint density at radius 3 is 2.34 bits per heavy atom. The van der Waals surface area contributed by atoms with E-state index in [1.54, 1.807) is 13.8 Å². The normalized spacial score (nSPS) is 22.8. The zero-order valence-corrected chi connectivity index (χ0v) is 18.6. The summed E-state index contributed by atoms with van der Waals surface area (Å²) in [5, 5.41) is 19.9. The molecule has 1 fully saturated rings. The minimum absolute atomic E-state index is 0.251. The van der Waals surface area contributed by atoms with Gasteiger partial charge in [-0.1, -0.05) is 50.5 Å². The fraction of sp³-hybridized carbons (Fsp3) is 0.792. The van der Waals surface area contributed by atoms with E-state index in [-0.39, 0.29) is 31.7 Å². The fourth-order valence-electron chi connectivity index (χ4n) is 4.13. The monoisotopic (exact) mass is 410 g/mol. The molecule has 1 aliphatic rings. The number of allylic oxidation sites excluding steroid dienone is 4. The third-order valence-electron chi connectivity index (χ3n) is 5.74. The predicted molar refractivity (Wildman–Crippen MR) is 117 cm³/mol. The summed E-state index contributed by atoms with van der Waals surface area (Å²) in [6.07, 6.45) is 18.2. The molecule has 0 saturated heterocycles. The van der Waals surface area contributed by atoms with E-state index >= 15 is 0 Å². The van der Waals surface area contributed by atoms with Crippen LogP contribution in [0.5, 0.6) is 0 Å². The molecule has 1 saturated carbocycles. The predicted octanol–water partition coefficient (Wildman–Crippen LogP) is 5.48. The first-order valence-electron chi connectivity index (χ1n) is 11.5. The van der Waals surface area contributed by atoms with Crippen LogP contribution in [0.3, 0.4) is 0 Å². The second-order valence-electron chi connectivity index (χ2n) is 7.92. The van der Waals surface area contributed by atoms with E-state index in [1.165, 1.54) is 25.7 Å². The highest BCUT2D eigenvalue weighted by atomic mass is 16.7. The van der Waals surface area contributed by atoms with Crippen LogP contribution < -0.4 is 0 Å². The van der Waals surface area contributed by atoms with Crippen molar-refractivity contribution >= 4 is 5.97 Å². The van der Waals surface area contributed by atoms with E-state index in [9.17, 15) is 15.0 Å². The first-order chi connectivity index (χ1) is 14.0. The van der Waals surface area contributed by atoms with E-state index in [0.29, 0.717) is 12.3 Å². The van der Waals surface area contributed by atoms with Gasteiger partial charge in [-0.2, -0.15) is 0 Å². The lowest BCUT2D eigenvalue weighted by molar-refractivity contribution is -0.243. The summed E-state index contributed by atoms with van der Waals surface area (Å²) >= 11 is 0. The van der Waals surface area contributed by atoms with Crippen LogP contribution >= 0.6 is 0 Å². The van der Waals surface area contributed by atoms with Crippen LogP contribution in [0, 0.1) is 11.8 Å². The van der Waals surface area contributed by atoms with E-state index in [4.69, 9.17) is 9.47 Å². The average molecular weight is 411 g/mol. The van der Waals surface area contributed by atoms with Crippen LogP contribution in [0.25, 0.3) is 0 Å². The van der Waals surface area contributed by atoms with Crippen molar-refractivity contribution in [3.05, 3.63) is 24.3 Å². The van der Waals surface area contributed by atoms with Crippen LogP contribution in [0.4, 0.5) is 0 Å². The molecule has 1 rings (SSSR count). The Morgan fingerprint density at radius 2 is 1.72 bits per heavy atom. The molecule has 1 aliphatic carbocycles. The molecule has 168 valence electrons. The second kappa shape index (κ2) is 14.8. The molecule has 0 aliphatic heterocycles. The molecule has 0 amide bonds. The first kappa shape index (κ1) is 25.9. The molecule has 5 heteroatoms. The molecule has 0 aromatic carbocycles. The smallest absolute Gasteiger partial charge is 0.364 e. The van der Waals surface area contributed by atoms with Crippen molar-refractivity contribution in [2.75, 3.05) is 13.2 Å². The van der Waals surface area contributed by atoms with Crippen molar-refractivity contribution < 1.29 is 24.5 Å². The van der Waals surface area contributed by atoms with Gasteiger partial charge in [0.1, 0.15) is 0 Å². The second-order valence-corrected chi connectivity index (χ2v) is 7.92. The molecule has 3 atom stereocenters. The van der Waals surface area contributed by atoms with Gasteiger partial charge >= 0.3 is 5.97 Å². The zero-order chi connectivity index (χ0) is 21.5. The third-order valence-corrected chi connectivity index (χ3v) is 5.74. The first-order valence-corrected chi connectivity index (χ1v) is 11.5. The van der Waals surface area contributed by atoms with Crippen molar-refractivity contribution in [3.8, 4) is 0 Å². The maximum Gasteiger partial charge on any atom is 0.364 e. The summed E-state index contributed by atoms with van der Waals surface area (Å²) in [7, 11) is 0. The highest BCUT2D eigenvalue weighted by molar-refractivity contribution is 5.75. The van der Waals surface area contributed by atoms with Crippen molar-refractivity contribution in [2.45, 2.75) is 96.9 Å². The van der Waals surface area contributed by atoms with E-state index < -0.39 is 11.8 Å². The standard InChI is InChI=1S/C24H42O5/c1-4-7-8-9-10-12-15-20-17-18-22(25)21(20)16-13-11-14-19-24(23(26)27,28-5-2)29-6-3/h11-13,15,20-22,25H,4-10,14,16-19H2,1-3H3,(H,26,27)/b13-11-,15-12+/t20-,21+,22-/m0/s1. The number of rotatable bonds is 16. The molecule has 29 heavy (non-hydrogen) atoms. The molecule has 0 heterocycles. The molecule has 5 nitrogen and oxygen atoms in total. The average Bonchev–Trinajstić information content (AvgIpc) is 3.04. The summed E-state index contributed by atoms with van der Waals surface area (Å²) in [5.74, 6) is -1.96. The Bertz CT molecular complexity index is 493. The minimum Gasteiger partial charge on any atom is -0.477 e. The van der Waals surface area contributed by atoms with Gasteiger partial charge in [0.05, 0.1) is 6.10 Å². The van der Waals surface area contributed by atoms with E-state index in [1.807, 2.05) is 6.08 Å². The highest BCUT2D eigenvalue weighted by Gasteiger charge is 2.39. The lowest BCUT2D eigenvalue weighted by Crippen LogP contribution is -2.44. The number of aliphatic hydroxyl groups excluding tert-OH is 1. The lowest BCUT2D eigenvalue weighted by Gasteiger charge is -2.28. The molecule has 0 bridgehead atoms. The van der Waals surface area contributed by atoms with Crippen LogP contribution in [0.15, 0.2) is 24.3 Å². The van der Waals surface area contributed by atoms with Gasteiger partial charge in [0.25, 0.3) is 5.79 Å². The Hall–Kier alpha value is -1.17. The van der Waals surface area contributed by atoms with Gasteiger partial charge in [-0.05, 0) is 64.2 Å². The number of carbonyl (C=O) groups is 1. The van der Waals surface area contributed by atoms with Gasteiger partial charge in [0.15, 0.2) is 0 Å². The van der Waals surface area contributed by atoms with E-state index in [0.717, 1.165) is 25.7 Å². The molecule has 0 spiro atoms. The number of carboxylic acids is 1. The molecular weight excluding hydrogens is 368 g/mol. The van der Waals surface area contributed by atoms with Crippen LogP contribution in [-0.2, 0) is 14.3 Å². The molecule has 0 radical (unpaired) electrons. The van der Waals surface area contributed by atoms with Crippen LogP contribution in [0.2, 0.25) is 0 Å². The quantitative estimate of drug-likeness (QED) is 0.200. The number of unbranched alkanes of at least 4 members (excludes halogenated alkanes) is 4. The van der Waals surface area contributed by atoms with Crippen LogP contribution in [0.1, 0.15) is 85.0 Å². The highest BCUT2D eigenvalue weighted by Crippen LogP contribution is 2.36. The number of aliphatic hydroxyl groups is 1. The Morgan fingerprint density at radius 1 is 1.00 bits per heavy atom. The van der Waals surface area contributed by atoms with Crippen molar-refractivity contribution in [1.29, 1.82) is 0 Å². The van der Waals surface area contributed by atoms with Gasteiger partial charge in [-0.25, -0.2) is 4.79 Å². The number of hydrogen-bond donors (Lipinski definition) is 2. The number of aliphatic carboxylic acids is 1. The number of ether oxygens (including phenoxy) is 2. The maximum atomic E-state index is 11.6. The summed E-state index contributed by atoms with van der Waals surface area (Å²) in [5.41, 5.74) is 0. The Balaban J connectivity index is 2.48. The zero-order valence-electron chi connectivity index (χ0n) is 18.6. The summed E-state index contributed by atoms with van der Waals surface area (Å²) in [6, 6.07) is 0. The van der Waals surface area contributed by atoms with Gasteiger partial charge < -0.3 is 19.7 Å². The SMILES string of the molecule is CCCCCC/C=C/[C@H]1CC[C@H](O)[C@@H]1C/C=C\CCC(OCC)(OCC)C(=O)O. The lowest BCUT2D eigenvalue weighted by atomic mass is 9.90. The van der Waals surface area contributed by atoms with E-state index in [2.05, 4.69) is 25.2 Å². The maximum absolute atomic E-state index is 11.6. The fourth-order valence-corrected chi connectivity index (χ4v) is 4.13. The number of hydrogen-bond acceptors (Lipinski definition) is 4. The van der Waals surface area contributed by atoms with Gasteiger partial charge in [-0.3, -0.25) is 0 Å². The minimum atomic E-state index is -1.57. The van der Waals surface area contributed by atoms with Gasteiger partial charge in [0.2, 0.25) is 0 Å². The van der Waals surface area contributed by atoms with Crippen molar-refractivity contribution in [3.63, 3.8) is 0 Å². The summed E-state index contributed by atoms with van der Waals surface area (Å²) in [4.78, 5) is 11.6. The van der Waals surface area contributed by atoms with Crippen molar-refractivity contribution in [2.24, 2.45) is 11.8 Å². The summed E-state index contributed by atoms with van der Waals surface area (Å²) in [6.45, 7) is 6.34. The third kappa shape index (κ3) is 9.02. The van der Waals surface area contributed by atoms with Crippen LogP contribution in [-0.4, -0.2) is 41.3 Å². The molecule has 0 aromatic heterocycles. The summed E-state index contributed by atoms with van der Waals surface area (Å²) < 4.78 is 10.8. The molecular formula is C24H42O5. The largest absolute Gasteiger partial charge is 0.477 e. The Labute approximate surface area is 177 Å². The molecule has 0 unspecified atom stereocenters. The number of carboxylic acid groups (broad SMARTS) is 1.